The van der Waals surface area contributed by atoms with Crippen molar-refractivity contribution in [2.75, 3.05) is 26.3 Å². The number of fused-ring (bicyclic) bond motifs is 1. The number of carbonyl (C=O) groups excluding carboxylic acids is 4. The first-order chi connectivity index (χ1) is 17.3. The van der Waals surface area contributed by atoms with Gasteiger partial charge in [0.25, 0.3) is 5.91 Å². The van der Waals surface area contributed by atoms with Crippen LogP contribution in [0.3, 0.4) is 0 Å². The van der Waals surface area contributed by atoms with Gasteiger partial charge in [0.15, 0.2) is 5.78 Å². The highest BCUT2D eigenvalue weighted by atomic mass is 19.4. The molecule has 6 aliphatic rings. The van der Waals surface area contributed by atoms with Crippen LogP contribution in [0, 0.1) is 16.7 Å². The van der Waals surface area contributed by atoms with E-state index in [-0.39, 0.29) is 50.2 Å². The summed E-state index contributed by atoms with van der Waals surface area (Å²) in [7, 11) is 0. The van der Waals surface area contributed by atoms with Crippen LogP contribution in [0.1, 0.15) is 44.9 Å². The average molecular weight is 537 g/mol. The van der Waals surface area contributed by atoms with Crippen molar-refractivity contribution in [1.82, 2.24) is 15.5 Å². The Morgan fingerprint density at radius 2 is 1.92 bits per heavy atom. The summed E-state index contributed by atoms with van der Waals surface area (Å²) in [5.74, 6) is -3.40. The Kier molecular flexibility index (Phi) is 6.29. The highest BCUT2D eigenvalue weighted by molar-refractivity contribution is 5.96. The molecule has 1 spiro atoms. The average Bonchev–Trinajstić information content (AvgIpc) is 3.18. The number of ether oxygens (including phenoxy) is 2. The molecule has 0 aromatic rings. The molecule has 4 heterocycles. The van der Waals surface area contributed by atoms with Crippen LogP contribution in [0.15, 0.2) is 0 Å². The van der Waals surface area contributed by atoms with Crippen molar-refractivity contribution in [2.45, 2.75) is 75.4 Å². The van der Waals surface area contributed by atoms with Gasteiger partial charge in [-0.2, -0.15) is 0 Å². The van der Waals surface area contributed by atoms with Crippen molar-refractivity contribution >= 4 is 23.5 Å². The summed E-state index contributed by atoms with van der Waals surface area (Å²) in [6.07, 6.45) is -6.03. The third-order valence-corrected chi connectivity index (χ3v) is 8.56. The van der Waals surface area contributed by atoms with E-state index in [2.05, 4.69) is 15.4 Å². The largest absolute Gasteiger partial charge is 0.522 e. The van der Waals surface area contributed by atoms with E-state index in [1.165, 1.54) is 4.90 Å². The van der Waals surface area contributed by atoms with E-state index >= 15 is 0 Å². The molecule has 0 aromatic heterocycles. The maximum atomic E-state index is 13.5. The number of nitrogens with one attached hydrogen (secondary N) is 2. The van der Waals surface area contributed by atoms with Gasteiger partial charge in [0.2, 0.25) is 18.2 Å². The molecular formula is C23H28F5N3O6. The lowest BCUT2D eigenvalue weighted by Crippen LogP contribution is -2.61. The molecule has 37 heavy (non-hydrogen) atoms. The summed E-state index contributed by atoms with van der Waals surface area (Å²) in [5.41, 5.74) is -3.06. The molecule has 0 unspecified atom stereocenters. The molecular weight excluding hydrogens is 509 g/mol. The first-order valence-corrected chi connectivity index (χ1v) is 12.3. The Labute approximate surface area is 208 Å². The number of carbonyl (C=O) groups is 4. The lowest BCUT2D eigenvalue weighted by molar-refractivity contribution is -0.321. The van der Waals surface area contributed by atoms with Gasteiger partial charge in [0.1, 0.15) is 18.2 Å². The molecule has 2 bridgehead atoms. The van der Waals surface area contributed by atoms with Crippen molar-refractivity contribution in [1.29, 1.82) is 0 Å². The number of amides is 3. The summed E-state index contributed by atoms with van der Waals surface area (Å²) < 4.78 is 73.6. The van der Waals surface area contributed by atoms with Gasteiger partial charge in [0, 0.05) is 19.0 Å². The van der Waals surface area contributed by atoms with Gasteiger partial charge in [-0.15, -0.1) is 13.2 Å². The fourth-order valence-electron chi connectivity index (χ4n) is 6.25. The SMILES string of the molecule is O=C1NCC[C@H]1C[C@H](NC(=O)[C@@H]1CC2(CC2)CN1C(=O)C12CC(C(F)F)(CO1)C2)C(=O)COC(F)(F)F. The molecule has 4 aliphatic heterocycles. The highest BCUT2D eigenvalue weighted by Crippen LogP contribution is 2.63. The summed E-state index contributed by atoms with van der Waals surface area (Å²) in [5, 5.41) is 5.04. The fourth-order valence-corrected chi connectivity index (χ4v) is 6.25. The monoisotopic (exact) mass is 537 g/mol. The molecule has 9 nitrogen and oxygen atoms in total. The Bertz CT molecular complexity index is 994. The minimum Gasteiger partial charge on any atom is -0.364 e. The van der Waals surface area contributed by atoms with Crippen LogP contribution in [0.5, 0.6) is 0 Å². The number of nitrogens with zero attached hydrogens (tertiary/aromatic N) is 1. The molecule has 14 heteroatoms. The van der Waals surface area contributed by atoms with Crippen molar-refractivity contribution < 1.29 is 50.6 Å². The maximum absolute atomic E-state index is 13.5. The first-order valence-electron chi connectivity index (χ1n) is 12.3. The second-order valence-electron chi connectivity index (χ2n) is 11.2. The molecule has 206 valence electrons. The molecule has 3 amide bonds. The first kappa shape index (κ1) is 26.3. The quantitative estimate of drug-likeness (QED) is 0.429. The van der Waals surface area contributed by atoms with E-state index in [0.717, 1.165) is 12.8 Å². The molecule has 6 rings (SSSR count). The number of halogens is 5. The van der Waals surface area contributed by atoms with E-state index in [1.54, 1.807) is 0 Å². The van der Waals surface area contributed by atoms with Crippen LogP contribution in [0.4, 0.5) is 22.0 Å². The molecule has 0 aromatic carbocycles. The molecule has 2 aliphatic carbocycles. The van der Waals surface area contributed by atoms with Crippen molar-refractivity contribution in [3.63, 3.8) is 0 Å². The van der Waals surface area contributed by atoms with Crippen LogP contribution in [0.2, 0.25) is 0 Å². The van der Waals surface area contributed by atoms with Crippen molar-refractivity contribution in [3.05, 3.63) is 0 Å². The van der Waals surface area contributed by atoms with Gasteiger partial charge in [-0.05, 0) is 50.4 Å². The smallest absolute Gasteiger partial charge is 0.364 e. The number of likely N-dealkylation sites (tertiary alicyclic amines) is 1. The van der Waals surface area contributed by atoms with Crippen LogP contribution in [-0.4, -0.2) is 85.2 Å². The van der Waals surface area contributed by atoms with Crippen LogP contribution in [0.25, 0.3) is 0 Å². The second kappa shape index (κ2) is 8.85. The van der Waals surface area contributed by atoms with E-state index in [9.17, 15) is 41.1 Å². The number of Topliss-reactive ketones (excluding diaryl/α,β-unsaturated/α-hetero) is 1. The molecule has 2 N–H and O–H groups in total. The summed E-state index contributed by atoms with van der Waals surface area (Å²) in [6, 6.07) is -2.47. The second-order valence-corrected chi connectivity index (χ2v) is 11.2. The van der Waals surface area contributed by atoms with E-state index in [1.807, 2.05) is 0 Å². The summed E-state index contributed by atoms with van der Waals surface area (Å²) in [4.78, 5) is 52.8. The number of alkyl halides is 5. The van der Waals surface area contributed by atoms with Gasteiger partial charge in [-0.3, -0.25) is 23.9 Å². The Hall–Kier alpha value is -2.35. The highest BCUT2D eigenvalue weighted by Gasteiger charge is 2.72. The summed E-state index contributed by atoms with van der Waals surface area (Å²) in [6.45, 7) is -1.01. The molecule has 6 fully saturated rings. The normalized spacial score (nSPS) is 34.4. The minimum absolute atomic E-state index is 0.138. The molecule has 4 saturated heterocycles. The molecule has 3 atom stereocenters. The predicted molar refractivity (Wildman–Crippen MR) is 113 cm³/mol. The lowest BCUT2D eigenvalue weighted by atomic mass is 9.62. The zero-order valence-corrected chi connectivity index (χ0v) is 19.9. The predicted octanol–water partition coefficient (Wildman–Crippen LogP) is 1.30. The zero-order valence-electron chi connectivity index (χ0n) is 19.9. The van der Waals surface area contributed by atoms with Gasteiger partial charge < -0.3 is 20.3 Å². The van der Waals surface area contributed by atoms with Crippen LogP contribution in [-0.2, 0) is 28.7 Å². The Morgan fingerprint density at radius 3 is 2.46 bits per heavy atom. The number of hydrogen-bond acceptors (Lipinski definition) is 6. The lowest BCUT2D eigenvalue weighted by Gasteiger charge is -2.44. The van der Waals surface area contributed by atoms with Crippen LogP contribution < -0.4 is 10.6 Å². The van der Waals surface area contributed by atoms with Gasteiger partial charge in [-0.25, -0.2) is 8.78 Å². The maximum Gasteiger partial charge on any atom is 0.522 e. The third-order valence-electron chi connectivity index (χ3n) is 8.56. The van der Waals surface area contributed by atoms with Gasteiger partial charge in [-0.1, -0.05) is 0 Å². The minimum atomic E-state index is -5.06. The van der Waals surface area contributed by atoms with Crippen molar-refractivity contribution in [3.8, 4) is 0 Å². The number of hydrogen-bond donors (Lipinski definition) is 2. The van der Waals surface area contributed by atoms with Gasteiger partial charge >= 0.3 is 6.36 Å². The summed E-state index contributed by atoms with van der Waals surface area (Å²) >= 11 is 0. The van der Waals surface area contributed by atoms with Gasteiger partial charge in [0.05, 0.1) is 18.1 Å². The molecule has 0 radical (unpaired) electrons. The van der Waals surface area contributed by atoms with Crippen LogP contribution >= 0.6 is 0 Å². The topological polar surface area (TPSA) is 114 Å². The van der Waals surface area contributed by atoms with E-state index in [4.69, 9.17) is 4.74 Å². The number of ketones is 1. The fraction of sp³-hybridized carbons (Fsp3) is 0.826. The standard InChI is InChI=1S/C23H28F5N3O6/c24-18(25)21-8-22(9-21,37-11-21)19(35)31-10-20(2-3-20)6-14(31)17(34)30-13(5-12-1-4-29-16(12)33)15(32)7-36-23(26,27)28/h12-14,18H,1-11H2,(H,29,33)(H,30,34)/t12-,13-,14-,21?,22?/m0/s1. The Morgan fingerprint density at radius 1 is 1.22 bits per heavy atom. The van der Waals surface area contributed by atoms with E-state index in [0.29, 0.717) is 13.0 Å². The van der Waals surface area contributed by atoms with E-state index < -0.39 is 66.0 Å². The molecule has 2 saturated carbocycles. The van der Waals surface area contributed by atoms with Crippen molar-refractivity contribution in [2.24, 2.45) is 16.7 Å². The zero-order chi connectivity index (χ0) is 26.8. The Balaban J connectivity index is 1.30. The number of rotatable bonds is 9. The third kappa shape index (κ3) is 4.82.